The first kappa shape index (κ1) is 14.1. The Bertz CT molecular complexity index is 476. The zero-order valence-electron chi connectivity index (χ0n) is 12.4. The summed E-state index contributed by atoms with van der Waals surface area (Å²) in [5.74, 6) is 0.146. The van der Waals surface area contributed by atoms with Gasteiger partial charge in [-0.2, -0.15) is 0 Å². The number of aromatic nitrogens is 1. The Hall–Kier alpha value is -1.29. The van der Waals surface area contributed by atoms with Crippen molar-refractivity contribution in [2.24, 2.45) is 5.73 Å². The summed E-state index contributed by atoms with van der Waals surface area (Å²) in [4.78, 5) is 14.6. The molecule has 1 aliphatic heterocycles. The van der Waals surface area contributed by atoms with Crippen LogP contribution in [0.1, 0.15) is 54.5 Å². The van der Waals surface area contributed by atoms with Crippen LogP contribution in [0.4, 0.5) is 0 Å². The molecule has 1 unspecified atom stereocenters. The standard InChI is InChI=1S/C15H25N3O/c1-10(2)18-11(3)8-14(12(18)4)15(19)17-7-5-6-13(17)9-16/h8,10,13H,5-7,9,16H2,1-4H3. The highest BCUT2D eigenvalue weighted by atomic mass is 16.2. The smallest absolute Gasteiger partial charge is 0.255 e. The van der Waals surface area contributed by atoms with Crippen LogP contribution in [0.2, 0.25) is 0 Å². The summed E-state index contributed by atoms with van der Waals surface area (Å²) < 4.78 is 2.22. The number of carbonyl (C=O) groups excluding carboxylic acids is 1. The van der Waals surface area contributed by atoms with Gasteiger partial charge in [0.1, 0.15) is 0 Å². The minimum absolute atomic E-state index is 0.146. The lowest BCUT2D eigenvalue weighted by Crippen LogP contribution is -2.40. The Morgan fingerprint density at radius 1 is 1.47 bits per heavy atom. The lowest BCUT2D eigenvalue weighted by Gasteiger charge is -2.23. The molecule has 1 saturated heterocycles. The maximum atomic E-state index is 12.7. The molecule has 106 valence electrons. The van der Waals surface area contributed by atoms with Gasteiger partial charge in [-0.15, -0.1) is 0 Å². The highest BCUT2D eigenvalue weighted by Crippen LogP contribution is 2.25. The van der Waals surface area contributed by atoms with Gasteiger partial charge in [-0.1, -0.05) is 0 Å². The third-order valence-electron chi connectivity index (χ3n) is 4.14. The van der Waals surface area contributed by atoms with Crippen molar-refractivity contribution >= 4 is 5.91 Å². The summed E-state index contributed by atoms with van der Waals surface area (Å²) in [7, 11) is 0. The Morgan fingerprint density at radius 2 is 2.16 bits per heavy atom. The molecule has 0 saturated carbocycles. The molecule has 1 aromatic rings. The van der Waals surface area contributed by atoms with E-state index in [2.05, 4.69) is 25.3 Å². The number of rotatable bonds is 3. The Kier molecular flexibility index (Phi) is 3.99. The average molecular weight is 263 g/mol. The zero-order valence-corrected chi connectivity index (χ0v) is 12.4. The van der Waals surface area contributed by atoms with Gasteiger partial charge in [0.2, 0.25) is 0 Å². The van der Waals surface area contributed by atoms with Crippen molar-refractivity contribution in [1.82, 2.24) is 9.47 Å². The van der Waals surface area contributed by atoms with E-state index >= 15 is 0 Å². The van der Waals surface area contributed by atoms with E-state index in [-0.39, 0.29) is 11.9 Å². The molecule has 4 heteroatoms. The van der Waals surface area contributed by atoms with Crippen LogP contribution in [-0.2, 0) is 0 Å². The topological polar surface area (TPSA) is 51.3 Å². The molecular formula is C15H25N3O. The van der Waals surface area contributed by atoms with E-state index in [1.54, 1.807) is 0 Å². The molecule has 19 heavy (non-hydrogen) atoms. The average Bonchev–Trinajstić information content (AvgIpc) is 2.92. The SMILES string of the molecule is Cc1cc(C(=O)N2CCCC2CN)c(C)n1C(C)C. The van der Waals surface area contributed by atoms with Crippen LogP contribution in [0.5, 0.6) is 0 Å². The molecule has 4 nitrogen and oxygen atoms in total. The van der Waals surface area contributed by atoms with Gasteiger partial charge in [0.05, 0.1) is 5.56 Å². The van der Waals surface area contributed by atoms with Crippen molar-refractivity contribution in [3.05, 3.63) is 23.0 Å². The molecule has 0 aromatic carbocycles. The van der Waals surface area contributed by atoms with Gasteiger partial charge < -0.3 is 15.2 Å². The molecule has 1 fully saturated rings. The van der Waals surface area contributed by atoms with Gasteiger partial charge in [-0.3, -0.25) is 4.79 Å². The van der Waals surface area contributed by atoms with E-state index in [0.717, 1.165) is 36.3 Å². The molecular weight excluding hydrogens is 238 g/mol. The summed E-state index contributed by atoms with van der Waals surface area (Å²) in [6.45, 7) is 9.79. The third kappa shape index (κ3) is 2.41. The van der Waals surface area contributed by atoms with Crippen molar-refractivity contribution < 1.29 is 4.79 Å². The number of carbonyl (C=O) groups is 1. The van der Waals surface area contributed by atoms with E-state index in [0.29, 0.717) is 12.6 Å². The second kappa shape index (κ2) is 5.37. The van der Waals surface area contributed by atoms with Crippen molar-refractivity contribution in [1.29, 1.82) is 0 Å². The van der Waals surface area contributed by atoms with Crippen LogP contribution < -0.4 is 5.73 Å². The number of nitrogens with two attached hydrogens (primary N) is 1. The largest absolute Gasteiger partial charge is 0.346 e. The number of hydrogen-bond donors (Lipinski definition) is 1. The van der Waals surface area contributed by atoms with Crippen LogP contribution >= 0.6 is 0 Å². The van der Waals surface area contributed by atoms with Crippen LogP contribution in [-0.4, -0.2) is 34.5 Å². The van der Waals surface area contributed by atoms with Gasteiger partial charge in [0.15, 0.2) is 0 Å². The Labute approximate surface area is 115 Å². The Morgan fingerprint density at radius 3 is 2.68 bits per heavy atom. The van der Waals surface area contributed by atoms with Crippen molar-refractivity contribution in [2.75, 3.05) is 13.1 Å². The molecule has 0 bridgehead atoms. The van der Waals surface area contributed by atoms with Gasteiger partial charge in [-0.25, -0.2) is 0 Å². The molecule has 2 rings (SSSR count). The van der Waals surface area contributed by atoms with E-state index in [4.69, 9.17) is 5.73 Å². The fourth-order valence-corrected chi connectivity index (χ4v) is 3.29. The van der Waals surface area contributed by atoms with Crippen LogP contribution in [0.15, 0.2) is 6.07 Å². The van der Waals surface area contributed by atoms with Crippen molar-refractivity contribution in [2.45, 2.75) is 52.6 Å². The predicted molar refractivity (Wildman–Crippen MR) is 77.4 cm³/mol. The maximum absolute atomic E-state index is 12.7. The quantitative estimate of drug-likeness (QED) is 0.909. The molecule has 1 aromatic heterocycles. The lowest BCUT2D eigenvalue weighted by molar-refractivity contribution is 0.0740. The number of aryl methyl sites for hydroxylation is 1. The number of nitrogens with zero attached hydrogens (tertiary/aromatic N) is 2. The second-order valence-corrected chi connectivity index (χ2v) is 5.78. The molecule has 0 aliphatic carbocycles. The van der Waals surface area contributed by atoms with E-state index in [1.165, 1.54) is 0 Å². The molecule has 1 atom stereocenters. The maximum Gasteiger partial charge on any atom is 0.255 e. The minimum Gasteiger partial charge on any atom is -0.346 e. The summed E-state index contributed by atoms with van der Waals surface area (Å²) >= 11 is 0. The van der Waals surface area contributed by atoms with Gasteiger partial charge in [-0.05, 0) is 46.6 Å². The predicted octanol–water partition coefficient (Wildman–Crippen LogP) is 2.25. The van der Waals surface area contributed by atoms with Crippen molar-refractivity contribution in [3.8, 4) is 0 Å². The third-order valence-corrected chi connectivity index (χ3v) is 4.14. The van der Waals surface area contributed by atoms with Crippen LogP contribution in [0.3, 0.4) is 0 Å². The zero-order chi connectivity index (χ0) is 14.2. The summed E-state index contributed by atoms with van der Waals surface area (Å²) in [6, 6.07) is 2.61. The molecule has 0 spiro atoms. The number of amides is 1. The van der Waals surface area contributed by atoms with E-state index in [9.17, 15) is 4.79 Å². The molecule has 0 radical (unpaired) electrons. The second-order valence-electron chi connectivity index (χ2n) is 5.78. The van der Waals surface area contributed by atoms with Crippen LogP contribution in [0, 0.1) is 13.8 Å². The minimum atomic E-state index is 0.146. The highest BCUT2D eigenvalue weighted by Gasteiger charge is 2.30. The fraction of sp³-hybridized carbons (Fsp3) is 0.667. The Balaban J connectivity index is 2.32. The van der Waals surface area contributed by atoms with Gasteiger partial charge >= 0.3 is 0 Å². The van der Waals surface area contributed by atoms with Crippen LogP contribution in [0.25, 0.3) is 0 Å². The highest BCUT2D eigenvalue weighted by molar-refractivity contribution is 5.96. The first-order chi connectivity index (χ1) is 8.97. The monoisotopic (exact) mass is 263 g/mol. The number of likely N-dealkylation sites (tertiary alicyclic amines) is 1. The first-order valence-corrected chi connectivity index (χ1v) is 7.16. The lowest BCUT2D eigenvalue weighted by atomic mass is 10.2. The normalized spacial score (nSPS) is 19.5. The summed E-state index contributed by atoms with van der Waals surface area (Å²) in [5.41, 5.74) is 8.82. The van der Waals surface area contributed by atoms with Gasteiger partial charge in [0.25, 0.3) is 5.91 Å². The molecule has 2 N–H and O–H groups in total. The molecule has 2 heterocycles. The fourth-order valence-electron chi connectivity index (χ4n) is 3.29. The number of hydrogen-bond acceptors (Lipinski definition) is 2. The summed E-state index contributed by atoms with van der Waals surface area (Å²) in [6.07, 6.45) is 2.10. The molecule has 1 amide bonds. The first-order valence-electron chi connectivity index (χ1n) is 7.16. The molecule has 1 aliphatic rings. The van der Waals surface area contributed by atoms with Gasteiger partial charge in [0, 0.05) is 36.6 Å². The van der Waals surface area contributed by atoms with E-state index in [1.807, 2.05) is 17.9 Å². The summed E-state index contributed by atoms with van der Waals surface area (Å²) in [5, 5.41) is 0. The van der Waals surface area contributed by atoms with E-state index < -0.39 is 0 Å². The van der Waals surface area contributed by atoms with Crippen molar-refractivity contribution in [3.63, 3.8) is 0 Å².